The van der Waals surface area contributed by atoms with Crippen LogP contribution in [0.5, 0.6) is 0 Å². The number of carboxylic acid groups (broad SMARTS) is 1. The van der Waals surface area contributed by atoms with Crippen LogP contribution in [0, 0.1) is 5.92 Å². The van der Waals surface area contributed by atoms with Crippen LogP contribution in [0.1, 0.15) is 29.2 Å². The van der Waals surface area contributed by atoms with Crippen molar-refractivity contribution in [1.29, 1.82) is 0 Å². The maximum absolute atomic E-state index is 11.1. The van der Waals surface area contributed by atoms with Crippen molar-refractivity contribution < 1.29 is 9.90 Å². The summed E-state index contributed by atoms with van der Waals surface area (Å²) in [5, 5.41) is 9.15. The Morgan fingerprint density at radius 1 is 1.30 bits per heavy atom. The largest absolute Gasteiger partial charge is 0.478 e. The van der Waals surface area contributed by atoms with Crippen LogP contribution < -0.4 is 0 Å². The quantitative estimate of drug-likeness (QED) is 0.907. The average molecular weight is 271 g/mol. The maximum atomic E-state index is 11.1. The van der Waals surface area contributed by atoms with Gasteiger partial charge >= 0.3 is 5.97 Å². The molecule has 3 saturated heterocycles. The Hall–Kier alpha value is -1.88. The van der Waals surface area contributed by atoms with E-state index < -0.39 is 5.97 Å². The van der Waals surface area contributed by atoms with E-state index in [1.165, 1.54) is 25.9 Å². The first-order valence-corrected chi connectivity index (χ1v) is 7.14. The fourth-order valence-electron chi connectivity index (χ4n) is 3.67. The number of aromatic nitrogens is 2. The molecule has 5 nitrogen and oxygen atoms in total. The van der Waals surface area contributed by atoms with Gasteiger partial charge in [0.25, 0.3) is 0 Å². The SMILES string of the molecule is O=C(O)c1ccc2ncn(C3CN4CCC3CC4)c2c1. The van der Waals surface area contributed by atoms with Crippen molar-refractivity contribution in [2.45, 2.75) is 18.9 Å². The summed E-state index contributed by atoms with van der Waals surface area (Å²) in [6.45, 7) is 3.47. The highest BCUT2D eigenvalue weighted by atomic mass is 16.4. The van der Waals surface area contributed by atoms with E-state index in [9.17, 15) is 4.79 Å². The first kappa shape index (κ1) is 11.9. The number of piperidine rings is 3. The molecule has 0 spiro atoms. The zero-order valence-corrected chi connectivity index (χ0v) is 11.2. The minimum absolute atomic E-state index is 0.334. The number of nitrogens with zero attached hydrogens (tertiary/aromatic N) is 3. The molecule has 1 N–H and O–H groups in total. The molecule has 4 heterocycles. The second kappa shape index (κ2) is 4.31. The van der Waals surface area contributed by atoms with E-state index in [0.29, 0.717) is 17.5 Å². The highest BCUT2D eigenvalue weighted by Gasteiger charge is 2.35. The van der Waals surface area contributed by atoms with Crippen molar-refractivity contribution >= 4 is 17.0 Å². The van der Waals surface area contributed by atoms with Gasteiger partial charge in [0, 0.05) is 6.54 Å². The molecular formula is C15H17N3O2. The van der Waals surface area contributed by atoms with Crippen LogP contribution in [0.4, 0.5) is 0 Å². The van der Waals surface area contributed by atoms with Crippen molar-refractivity contribution in [3.05, 3.63) is 30.1 Å². The van der Waals surface area contributed by atoms with E-state index in [1.807, 2.05) is 6.33 Å². The van der Waals surface area contributed by atoms with Gasteiger partial charge in [0.1, 0.15) is 0 Å². The second-order valence-corrected chi connectivity index (χ2v) is 5.87. The zero-order chi connectivity index (χ0) is 13.7. The molecule has 3 aliphatic rings. The van der Waals surface area contributed by atoms with Crippen molar-refractivity contribution in [3.63, 3.8) is 0 Å². The van der Waals surface area contributed by atoms with E-state index in [-0.39, 0.29) is 0 Å². The van der Waals surface area contributed by atoms with Gasteiger partial charge in [-0.15, -0.1) is 0 Å². The van der Waals surface area contributed by atoms with Crippen LogP contribution in [-0.2, 0) is 0 Å². The normalized spacial score (nSPS) is 28.9. The van der Waals surface area contributed by atoms with Gasteiger partial charge in [-0.05, 0) is 50.0 Å². The lowest BCUT2D eigenvalue weighted by Crippen LogP contribution is -2.47. The topological polar surface area (TPSA) is 58.4 Å². The minimum atomic E-state index is -0.881. The molecule has 1 atom stereocenters. The lowest BCUT2D eigenvalue weighted by atomic mass is 9.84. The molecule has 1 aromatic heterocycles. The molecule has 104 valence electrons. The average Bonchev–Trinajstić information content (AvgIpc) is 2.91. The first-order valence-electron chi connectivity index (χ1n) is 7.14. The number of benzene rings is 1. The molecule has 1 aromatic carbocycles. The van der Waals surface area contributed by atoms with Crippen LogP contribution in [-0.4, -0.2) is 45.2 Å². The Balaban J connectivity index is 1.79. The number of aromatic carboxylic acids is 1. The number of hydrogen-bond acceptors (Lipinski definition) is 3. The fourth-order valence-corrected chi connectivity index (χ4v) is 3.67. The van der Waals surface area contributed by atoms with Crippen LogP contribution >= 0.6 is 0 Å². The molecule has 0 radical (unpaired) electrons. The summed E-state index contributed by atoms with van der Waals surface area (Å²) in [7, 11) is 0. The molecule has 2 aromatic rings. The molecule has 1 unspecified atom stereocenters. The molecule has 5 rings (SSSR count). The molecule has 5 heteroatoms. The Kier molecular flexibility index (Phi) is 2.57. The van der Waals surface area contributed by atoms with Gasteiger partial charge in [0.2, 0.25) is 0 Å². The number of hydrogen-bond donors (Lipinski definition) is 1. The van der Waals surface area contributed by atoms with E-state index in [0.717, 1.165) is 17.6 Å². The van der Waals surface area contributed by atoms with Gasteiger partial charge in [-0.1, -0.05) is 0 Å². The summed E-state index contributed by atoms with van der Waals surface area (Å²) >= 11 is 0. The molecular weight excluding hydrogens is 254 g/mol. The Labute approximate surface area is 116 Å². The van der Waals surface area contributed by atoms with E-state index in [1.54, 1.807) is 18.2 Å². The number of carbonyl (C=O) groups is 1. The number of fused-ring (bicyclic) bond motifs is 4. The summed E-state index contributed by atoms with van der Waals surface area (Å²) < 4.78 is 2.19. The molecule has 2 bridgehead atoms. The van der Waals surface area contributed by atoms with Crippen molar-refractivity contribution in [3.8, 4) is 0 Å². The van der Waals surface area contributed by atoms with Gasteiger partial charge in [-0.3, -0.25) is 0 Å². The van der Waals surface area contributed by atoms with Crippen molar-refractivity contribution in [2.75, 3.05) is 19.6 Å². The molecule has 0 aliphatic carbocycles. The highest BCUT2D eigenvalue weighted by Crippen LogP contribution is 2.37. The molecule has 3 aliphatic heterocycles. The van der Waals surface area contributed by atoms with E-state index in [4.69, 9.17) is 5.11 Å². The monoisotopic (exact) mass is 271 g/mol. The van der Waals surface area contributed by atoms with Crippen molar-refractivity contribution in [2.24, 2.45) is 5.92 Å². The lowest BCUT2D eigenvalue weighted by Gasteiger charge is -2.45. The summed E-state index contributed by atoms with van der Waals surface area (Å²) in [5.41, 5.74) is 2.16. The number of rotatable bonds is 2. The first-order chi connectivity index (χ1) is 9.72. The predicted molar refractivity (Wildman–Crippen MR) is 74.9 cm³/mol. The zero-order valence-electron chi connectivity index (χ0n) is 11.2. The molecule has 0 saturated carbocycles. The van der Waals surface area contributed by atoms with Gasteiger partial charge in [-0.2, -0.15) is 0 Å². The van der Waals surface area contributed by atoms with Crippen LogP contribution in [0.2, 0.25) is 0 Å². The summed E-state index contributed by atoms with van der Waals surface area (Å²) in [5.74, 6) is -0.181. The molecule has 20 heavy (non-hydrogen) atoms. The minimum Gasteiger partial charge on any atom is -0.478 e. The highest BCUT2D eigenvalue weighted by molar-refractivity contribution is 5.92. The Morgan fingerprint density at radius 3 is 2.75 bits per heavy atom. The van der Waals surface area contributed by atoms with Gasteiger partial charge in [0.15, 0.2) is 0 Å². The van der Waals surface area contributed by atoms with E-state index >= 15 is 0 Å². The van der Waals surface area contributed by atoms with Gasteiger partial charge in [0.05, 0.1) is 29.0 Å². The molecule has 0 amide bonds. The van der Waals surface area contributed by atoms with Crippen molar-refractivity contribution in [1.82, 2.24) is 14.5 Å². The molecule has 3 fully saturated rings. The van der Waals surface area contributed by atoms with Crippen LogP contribution in [0.25, 0.3) is 11.0 Å². The maximum Gasteiger partial charge on any atom is 0.335 e. The summed E-state index contributed by atoms with van der Waals surface area (Å²) in [6, 6.07) is 5.61. The Morgan fingerprint density at radius 2 is 2.10 bits per heavy atom. The van der Waals surface area contributed by atoms with Crippen LogP contribution in [0.15, 0.2) is 24.5 Å². The van der Waals surface area contributed by atoms with Gasteiger partial charge < -0.3 is 14.6 Å². The lowest BCUT2D eigenvalue weighted by molar-refractivity contribution is 0.0588. The standard InChI is InChI=1S/C15H17N3O2/c19-15(20)11-1-2-12-13(7-11)18(9-16-12)14-8-17-5-3-10(14)4-6-17/h1-2,7,9-10,14H,3-6,8H2,(H,19,20). The number of carboxylic acids is 1. The number of imidazole rings is 1. The Bertz CT molecular complexity index is 671. The van der Waals surface area contributed by atoms with Gasteiger partial charge in [-0.25, -0.2) is 9.78 Å². The third-order valence-electron chi connectivity index (χ3n) is 4.80. The smallest absolute Gasteiger partial charge is 0.335 e. The predicted octanol–water partition coefficient (Wildman–Crippen LogP) is 2.00. The fraction of sp³-hybridized carbons (Fsp3) is 0.467. The summed E-state index contributed by atoms with van der Waals surface area (Å²) in [4.78, 5) is 18.1. The summed E-state index contributed by atoms with van der Waals surface area (Å²) in [6.07, 6.45) is 4.36. The van der Waals surface area contributed by atoms with E-state index in [2.05, 4.69) is 14.5 Å². The second-order valence-electron chi connectivity index (χ2n) is 5.87. The third-order valence-corrected chi connectivity index (χ3v) is 4.80. The third kappa shape index (κ3) is 1.73. The van der Waals surface area contributed by atoms with Crippen LogP contribution in [0.3, 0.4) is 0 Å².